The monoisotopic (exact) mass is 158 g/mol. The van der Waals surface area contributed by atoms with Crippen LogP contribution in [0.4, 0.5) is 0 Å². The third-order valence-electron chi connectivity index (χ3n) is 0. The van der Waals surface area contributed by atoms with Crippen molar-refractivity contribution in [1.29, 1.82) is 0 Å². The Hall–Kier alpha value is 2.79. The van der Waals surface area contributed by atoms with Crippen LogP contribution in [0.3, 0.4) is 0 Å². The first kappa shape index (κ1) is 15.9. The Bertz CT molecular complexity index is 31.8. The third kappa shape index (κ3) is 29.2. The fourth-order valence-electron chi connectivity index (χ4n) is 0. The molecule has 6 heavy (non-hydrogen) atoms. The Morgan fingerprint density at radius 3 is 1.17 bits per heavy atom. The molecule has 0 aromatic rings. The van der Waals surface area contributed by atoms with Crippen molar-refractivity contribution in [2.45, 2.75) is 0 Å². The van der Waals surface area contributed by atoms with Gasteiger partial charge in [-0.05, 0) is 0 Å². The minimum atomic E-state index is 0. The molecule has 0 saturated heterocycles. The second-order valence-corrected chi connectivity index (χ2v) is 2.54. The number of hydrogen-bond donors (Lipinski definition) is 2. The zero-order valence-corrected chi connectivity index (χ0v) is 4.41. The topological polar surface area (TPSA) is 0 Å². The molecule has 0 aromatic carbocycles. The van der Waals surface area contributed by atoms with Crippen molar-refractivity contribution in [3.05, 3.63) is 0 Å². The van der Waals surface area contributed by atoms with E-state index in [-0.39, 0.29) is 59.1 Å². The van der Waals surface area contributed by atoms with E-state index in [1.807, 2.05) is 0 Å². The standard InChI is InChI=1S/CH2S3.2Na.2H/c2-1(3)4;;;;/h(H2,2,3,4);;;;. The van der Waals surface area contributed by atoms with Crippen LogP contribution in [0.25, 0.3) is 0 Å². The molecule has 5 heteroatoms. The van der Waals surface area contributed by atoms with Gasteiger partial charge in [0, 0.05) is 0 Å². The van der Waals surface area contributed by atoms with Crippen molar-refractivity contribution in [1.82, 2.24) is 0 Å². The molecule has 0 rings (SSSR count). The van der Waals surface area contributed by atoms with E-state index < -0.39 is 0 Å². The van der Waals surface area contributed by atoms with Gasteiger partial charge in [-0.15, -0.1) is 25.3 Å². The summed E-state index contributed by atoms with van der Waals surface area (Å²) in [6.07, 6.45) is 0. The summed E-state index contributed by atoms with van der Waals surface area (Å²) in [5, 5.41) is 0. The van der Waals surface area contributed by atoms with Crippen molar-refractivity contribution in [3.8, 4) is 0 Å². The van der Waals surface area contributed by atoms with Gasteiger partial charge in [-0.3, -0.25) is 0 Å². The molecule has 0 saturated carbocycles. The van der Waals surface area contributed by atoms with Crippen LogP contribution in [0.1, 0.15) is 0 Å². The van der Waals surface area contributed by atoms with Gasteiger partial charge < -0.3 is 0 Å². The Kier molecular flexibility index (Phi) is 28.4. The van der Waals surface area contributed by atoms with Gasteiger partial charge in [-0.25, -0.2) is 0 Å². The molecule has 0 radical (unpaired) electrons. The fourth-order valence-corrected chi connectivity index (χ4v) is 0. The predicted molar refractivity (Wildman–Crippen MR) is 44.9 cm³/mol. The fraction of sp³-hybridized carbons (Fsp3) is 0. The Balaban J connectivity index is -0.0000000450. The SMILES string of the molecule is S=C(S)S.[NaH].[NaH]. The summed E-state index contributed by atoms with van der Waals surface area (Å²) in [5.41, 5.74) is 0. The van der Waals surface area contributed by atoms with E-state index in [0.29, 0.717) is 3.53 Å². The summed E-state index contributed by atoms with van der Waals surface area (Å²) in [5.74, 6) is 0. The van der Waals surface area contributed by atoms with Crippen LogP contribution >= 0.6 is 37.5 Å². The molecule has 0 aliphatic heterocycles. The molecule has 0 heterocycles. The van der Waals surface area contributed by atoms with Crippen LogP contribution in [-0.2, 0) is 0 Å². The first-order valence-corrected chi connectivity index (χ1v) is 1.95. The molecular weight excluding hydrogens is 154 g/mol. The summed E-state index contributed by atoms with van der Waals surface area (Å²) < 4.78 is 0.389. The maximum absolute atomic E-state index is 4.27. The number of hydrogen-bond acceptors (Lipinski definition) is 1. The van der Waals surface area contributed by atoms with Crippen LogP contribution in [-0.4, -0.2) is 62.6 Å². The van der Waals surface area contributed by atoms with Gasteiger partial charge in [-0.2, -0.15) is 0 Å². The van der Waals surface area contributed by atoms with Gasteiger partial charge in [0.05, 0.1) is 3.53 Å². The average Bonchev–Trinajstić information content (AvgIpc) is 0.811. The average molecular weight is 158 g/mol. The predicted octanol–water partition coefficient (Wildman–Crippen LogP) is -0.166. The van der Waals surface area contributed by atoms with Crippen molar-refractivity contribution in [2.24, 2.45) is 0 Å². The van der Waals surface area contributed by atoms with Crippen LogP contribution in [0.15, 0.2) is 0 Å². The van der Waals surface area contributed by atoms with E-state index in [9.17, 15) is 0 Å². The van der Waals surface area contributed by atoms with Crippen LogP contribution in [0.2, 0.25) is 0 Å². The van der Waals surface area contributed by atoms with Gasteiger partial charge in [0.2, 0.25) is 0 Å². The molecule has 0 spiro atoms. The summed E-state index contributed by atoms with van der Waals surface area (Å²) in [4.78, 5) is 0. The molecule has 0 nitrogen and oxygen atoms in total. The first-order chi connectivity index (χ1) is 1.73. The van der Waals surface area contributed by atoms with E-state index in [0.717, 1.165) is 0 Å². The zero-order valence-electron chi connectivity index (χ0n) is 1.80. The van der Waals surface area contributed by atoms with Crippen LogP contribution < -0.4 is 0 Å². The van der Waals surface area contributed by atoms with Crippen molar-refractivity contribution < 1.29 is 0 Å². The summed E-state index contributed by atoms with van der Waals surface area (Å²) in [6, 6.07) is 0. The number of thiocarbonyl (C=S) groups is 1. The van der Waals surface area contributed by atoms with Crippen molar-refractivity contribution in [3.63, 3.8) is 0 Å². The summed E-state index contributed by atoms with van der Waals surface area (Å²) in [7, 11) is 0. The number of rotatable bonds is 0. The molecule has 28 valence electrons. The minimum absolute atomic E-state index is 0. The molecule has 0 unspecified atom stereocenters. The first-order valence-electron chi connectivity index (χ1n) is 0.651. The molecule has 0 aromatic heterocycles. The van der Waals surface area contributed by atoms with Crippen LogP contribution in [0.5, 0.6) is 0 Å². The molecule has 0 atom stereocenters. The summed E-state index contributed by atoms with van der Waals surface area (Å²) >= 11 is 11.4. The molecule has 0 amide bonds. The number of thiol groups is 2. The molecular formula is CH4Na2S3. The summed E-state index contributed by atoms with van der Waals surface area (Å²) in [6.45, 7) is 0. The quantitative estimate of drug-likeness (QED) is 0.280. The van der Waals surface area contributed by atoms with Crippen molar-refractivity contribution >= 4 is 100 Å². The Morgan fingerprint density at radius 2 is 1.17 bits per heavy atom. The molecule has 0 N–H and O–H groups in total. The maximum atomic E-state index is 4.27. The van der Waals surface area contributed by atoms with Crippen LogP contribution in [0, 0.1) is 0 Å². The zero-order chi connectivity index (χ0) is 3.58. The van der Waals surface area contributed by atoms with E-state index >= 15 is 0 Å². The van der Waals surface area contributed by atoms with Gasteiger partial charge in [-0.1, -0.05) is 12.2 Å². The van der Waals surface area contributed by atoms with Gasteiger partial charge >= 0.3 is 59.1 Å². The van der Waals surface area contributed by atoms with Gasteiger partial charge in [0.15, 0.2) is 0 Å². The molecule has 0 fully saturated rings. The molecule has 0 aliphatic rings. The van der Waals surface area contributed by atoms with Gasteiger partial charge in [0.1, 0.15) is 0 Å². The van der Waals surface area contributed by atoms with Crippen molar-refractivity contribution in [2.75, 3.05) is 0 Å². The van der Waals surface area contributed by atoms with Gasteiger partial charge in [0.25, 0.3) is 0 Å². The Labute approximate surface area is 98.2 Å². The van der Waals surface area contributed by atoms with E-state index in [4.69, 9.17) is 0 Å². The second kappa shape index (κ2) is 10.7. The molecule has 0 aliphatic carbocycles. The van der Waals surface area contributed by atoms with E-state index in [1.165, 1.54) is 0 Å². The third-order valence-corrected chi connectivity index (χ3v) is 0. The van der Waals surface area contributed by atoms with E-state index in [2.05, 4.69) is 37.5 Å². The molecule has 0 bridgehead atoms. The normalized spacial score (nSPS) is 4.33. The van der Waals surface area contributed by atoms with E-state index in [1.54, 1.807) is 0 Å². The Morgan fingerprint density at radius 1 is 1.17 bits per heavy atom. The second-order valence-electron chi connectivity index (χ2n) is 0.283.